The fourth-order valence-corrected chi connectivity index (χ4v) is 0.680. The van der Waals surface area contributed by atoms with Crippen LogP contribution in [0.2, 0.25) is 0 Å². The molecule has 0 amide bonds. The maximum Gasteiger partial charge on any atom is 0.320 e. The summed E-state index contributed by atoms with van der Waals surface area (Å²) in [4.78, 5) is 7.33. The van der Waals surface area contributed by atoms with Gasteiger partial charge >= 0.3 is 6.01 Å². The second-order valence-electron chi connectivity index (χ2n) is 1.97. The number of hydrogen-bond donors (Lipinski definition) is 2. The SMILES string of the molecule is COc1nc(N)c(C#N)c(N)n1. The third kappa shape index (κ3) is 1.20. The highest BCUT2D eigenvalue weighted by atomic mass is 16.5. The summed E-state index contributed by atoms with van der Waals surface area (Å²) in [6.45, 7) is 0. The van der Waals surface area contributed by atoms with Gasteiger partial charge in [0.1, 0.15) is 11.6 Å². The number of ether oxygens (including phenoxy) is 1. The van der Waals surface area contributed by atoms with E-state index >= 15 is 0 Å². The summed E-state index contributed by atoms with van der Waals surface area (Å²) < 4.78 is 4.68. The second-order valence-corrected chi connectivity index (χ2v) is 1.97. The van der Waals surface area contributed by atoms with E-state index in [9.17, 15) is 0 Å². The highest BCUT2D eigenvalue weighted by molar-refractivity contribution is 5.60. The van der Waals surface area contributed by atoms with Gasteiger partial charge in [0.05, 0.1) is 7.11 Å². The van der Waals surface area contributed by atoms with Gasteiger partial charge in [-0.25, -0.2) is 0 Å². The molecule has 0 bridgehead atoms. The molecule has 0 saturated heterocycles. The van der Waals surface area contributed by atoms with E-state index in [4.69, 9.17) is 16.7 Å². The molecule has 0 unspecified atom stereocenters. The van der Waals surface area contributed by atoms with Gasteiger partial charge in [0.2, 0.25) is 0 Å². The smallest absolute Gasteiger partial charge is 0.320 e. The van der Waals surface area contributed by atoms with Gasteiger partial charge in [0.15, 0.2) is 11.6 Å². The number of hydrogen-bond acceptors (Lipinski definition) is 6. The Morgan fingerprint density at radius 3 is 2.17 bits per heavy atom. The van der Waals surface area contributed by atoms with Crippen LogP contribution in [0.15, 0.2) is 0 Å². The minimum Gasteiger partial charge on any atom is -0.467 e. The highest BCUT2D eigenvalue weighted by Gasteiger charge is 2.08. The number of nitriles is 1. The number of anilines is 2. The zero-order valence-corrected chi connectivity index (χ0v) is 6.40. The number of rotatable bonds is 1. The molecule has 12 heavy (non-hydrogen) atoms. The van der Waals surface area contributed by atoms with Crippen LogP contribution >= 0.6 is 0 Å². The van der Waals surface area contributed by atoms with Crippen LogP contribution in [0.4, 0.5) is 11.6 Å². The highest BCUT2D eigenvalue weighted by Crippen LogP contribution is 2.16. The van der Waals surface area contributed by atoms with Crippen LogP contribution in [0.1, 0.15) is 5.56 Å². The molecule has 6 heteroatoms. The van der Waals surface area contributed by atoms with E-state index in [-0.39, 0.29) is 23.2 Å². The van der Waals surface area contributed by atoms with Crippen LogP contribution in [0.3, 0.4) is 0 Å². The summed E-state index contributed by atoms with van der Waals surface area (Å²) in [5, 5.41) is 8.53. The van der Waals surface area contributed by atoms with Crippen molar-refractivity contribution in [2.45, 2.75) is 0 Å². The number of nitrogens with zero attached hydrogens (tertiary/aromatic N) is 3. The predicted molar refractivity (Wildman–Crippen MR) is 42.1 cm³/mol. The maximum atomic E-state index is 8.53. The molecule has 1 aromatic rings. The Balaban J connectivity index is 3.30. The molecular formula is C6H7N5O. The monoisotopic (exact) mass is 165 g/mol. The molecule has 0 radical (unpaired) electrons. The van der Waals surface area contributed by atoms with Crippen molar-refractivity contribution in [3.05, 3.63) is 5.56 Å². The molecule has 6 nitrogen and oxygen atoms in total. The first kappa shape index (κ1) is 8.07. The third-order valence-electron chi connectivity index (χ3n) is 1.24. The molecule has 0 atom stereocenters. The largest absolute Gasteiger partial charge is 0.467 e. The Morgan fingerprint density at radius 1 is 1.33 bits per heavy atom. The number of methoxy groups -OCH3 is 1. The molecule has 1 aromatic heterocycles. The number of aromatic nitrogens is 2. The normalized spacial score (nSPS) is 9.00. The van der Waals surface area contributed by atoms with Crippen molar-refractivity contribution >= 4 is 11.6 Å². The summed E-state index contributed by atoms with van der Waals surface area (Å²) in [6.07, 6.45) is 0. The molecule has 0 saturated carbocycles. The first-order valence-electron chi connectivity index (χ1n) is 3.06. The summed E-state index contributed by atoms with van der Waals surface area (Å²) in [5.74, 6) is 0.0590. The Hall–Kier alpha value is -2.03. The average molecular weight is 165 g/mol. The van der Waals surface area contributed by atoms with Gasteiger partial charge in [-0.15, -0.1) is 0 Å². The summed E-state index contributed by atoms with van der Waals surface area (Å²) in [6, 6.07) is 1.84. The molecule has 0 aliphatic carbocycles. The van der Waals surface area contributed by atoms with Crippen LogP contribution in [0.25, 0.3) is 0 Å². The Kier molecular flexibility index (Phi) is 1.96. The van der Waals surface area contributed by atoms with E-state index in [1.165, 1.54) is 7.11 Å². The molecular weight excluding hydrogens is 158 g/mol. The molecule has 1 rings (SSSR count). The Morgan fingerprint density at radius 2 is 1.83 bits per heavy atom. The Bertz CT molecular complexity index is 319. The molecule has 0 spiro atoms. The van der Waals surface area contributed by atoms with Crippen molar-refractivity contribution in [3.63, 3.8) is 0 Å². The lowest BCUT2D eigenvalue weighted by Crippen LogP contribution is -2.05. The van der Waals surface area contributed by atoms with Gasteiger partial charge in [0, 0.05) is 0 Å². The third-order valence-corrected chi connectivity index (χ3v) is 1.24. The number of nitrogens with two attached hydrogens (primary N) is 2. The molecule has 0 aliphatic rings. The van der Waals surface area contributed by atoms with Crippen LogP contribution in [0, 0.1) is 11.3 Å². The van der Waals surface area contributed by atoms with Gasteiger partial charge in [-0.3, -0.25) is 0 Å². The van der Waals surface area contributed by atoms with E-state index in [2.05, 4.69) is 14.7 Å². The van der Waals surface area contributed by atoms with E-state index in [0.29, 0.717) is 0 Å². The van der Waals surface area contributed by atoms with Crippen molar-refractivity contribution in [2.75, 3.05) is 18.6 Å². The van der Waals surface area contributed by atoms with E-state index in [1.807, 2.05) is 0 Å². The average Bonchev–Trinajstić information content (AvgIpc) is 2.03. The summed E-state index contributed by atoms with van der Waals surface area (Å²) in [5.41, 5.74) is 10.8. The van der Waals surface area contributed by atoms with Crippen molar-refractivity contribution in [3.8, 4) is 12.1 Å². The lowest BCUT2D eigenvalue weighted by molar-refractivity contribution is 0.381. The Labute approximate surface area is 68.8 Å². The topological polar surface area (TPSA) is 111 Å². The van der Waals surface area contributed by atoms with Gasteiger partial charge < -0.3 is 16.2 Å². The van der Waals surface area contributed by atoms with Crippen LogP contribution < -0.4 is 16.2 Å². The first-order chi connectivity index (χ1) is 5.69. The lowest BCUT2D eigenvalue weighted by atomic mass is 10.3. The minimum atomic E-state index is 0.0295. The fourth-order valence-electron chi connectivity index (χ4n) is 0.680. The molecule has 0 aliphatic heterocycles. The van der Waals surface area contributed by atoms with Gasteiger partial charge in [-0.2, -0.15) is 15.2 Å². The predicted octanol–water partition coefficient (Wildman–Crippen LogP) is -0.479. The van der Waals surface area contributed by atoms with Gasteiger partial charge in [-0.05, 0) is 0 Å². The fraction of sp³-hybridized carbons (Fsp3) is 0.167. The quantitative estimate of drug-likeness (QED) is 0.581. The molecule has 4 N–H and O–H groups in total. The van der Waals surface area contributed by atoms with Crippen molar-refractivity contribution in [2.24, 2.45) is 0 Å². The molecule has 0 aromatic carbocycles. The minimum absolute atomic E-state index is 0.0295. The van der Waals surface area contributed by atoms with Crippen LogP contribution in [0.5, 0.6) is 6.01 Å². The van der Waals surface area contributed by atoms with Crippen LogP contribution in [-0.2, 0) is 0 Å². The van der Waals surface area contributed by atoms with Crippen LogP contribution in [-0.4, -0.2) is 17.1 Å². The van der Waals surface area contributed by atoms with Crippen molar-refractivity contribution in [1.82, 2.24) is 9.97 Å². The maximum absolute atomic E-state index is 8.53. The standard InChI is InChI=1S/C6H7N5O/c1-12-6-10-4(8)3(2-7)5(9)11-6/h1H3,(H4,8,9,10,11). The zero-order chi connectivity index (χ0) is 9.14. The second kappa shape index (κ2) is 2.92. The van der Waals surface area contributed by atoms with Gasteiger partial charge in [0.25, 0.3) is 0 Å². The van der Waals surface area contributed by atoms with Crippen molar-refractivity contribution in [1.29, 1.82) is 5.26 Å². The van der Waals surface area contributed by atoms with E-state index < -0.39 is 0 Å². The lowest BCUT2D eigenvalue weighted by Gasteiger charge is -2.02. The molecule has 62 valence electrons. The van der Waals surface area contributed by atoms with Gasteiger partial charge in [-0.1, -0.05) is 0 Å². The zero-order valence-electron chi connectivity index (χ0n) is 6.40. The first-order valence-corrected chi connectivity index (χ1v) is 3.06. The molecule has 0 fully saturated rings. The van der Waals surface area contributed by atoms with E-state index in [1.54, 1.807) is 6.07 Å². The van der Waals surface area contributed by atoms with Crippen molar-refractivity contribution < 1.29 is 4.74 Å². The summed E-state index contributed by atoms with van der Waals surface area (Å²) >= 11 is 0. The molecule has 1 heterocycles. The number of nitrogen functional groups attached to an aromatic ring is 2. The van der Waals surface area contributed by atoms with E-state index in [0.717, 1.165) is 0 Å². The summed E-state index contributed by atoms with van der Waals surface area (Å²) in [7, 11) is 1.39.